The zero-order valence-electron chi connectivity index (χ0n) is 19.2. The highest BCUT2D eigenvalue weighted by atomic mass is 16.5. The van der Waals surface area contributed by atoms with E-state index in [1.54, 1.807) is 24.3 Å². The molecule has 0 atom stereocenters. The molecular weight excluding hydrogens is 430 g/mol. The van der Waals surface area contributed by atoms with Crippen LogP contribution in [0, 0.1) is 0 Å². The van der Waals surface area contributed by atoms with Gasteiger partial charge in [0, 0.05) is 5.69 Å². The van der Waals surface area contributed by atoms with Crippen molar-refractivity contribution in [2.45, 2.75) is 32.8 Å². The summed E-state index contributed by atoms with van der Waals surface area (Å²) in [5, 5.41) is 6.38. The Bertz CT molecular complexity index is 1070. The van der Waals surface area contributed by atoms with E-state index < -0.39 is 11.8 Å². The molecule has 176 valence electrons. The number of anilines is 1. The molecule has 0 radical (unpaired) electrons. The minimum absolute atomic E-state index is 0.480. The molecule has 7 heteroatoms. The van der Waals surface area contributed by atoms with E-state index >= 15 is 0 Å². The standard InChI is InChI=1S/C27H29N3O4/c1-2-3-7-18-33-24-16-12-23(13-17-24)29-26(31)27(32)30-28-19-21-10-14-25(15-11-21)34-20-22-8-5-4-6-9-22/h4-6,8-17,19H,2-3,7,18,20H2,1H3,(H,29,31)(H,30,32)/b28-19+. The van der Waals surface area contributed by atoms with E-state index in [9.17, 15) is 9.59 Å². The van der Waals surface area contributed by atoms with E-state index in [0.29, 0.717) is 18.9 Å². The van der Waals surface area contributed by atoms with Gasteiger partial charge in [-0.3, -0.25) is 9.59 Å². The van der Waals surface area contributed by atoms with E-state index in [4.69, 9.17) is 9.47 Å². The van der Waals surface area contributed by atoms with Crippen LogP contribution in [0.3, 0.4) is 0 Å². The van der Waals surface area contributed by atoms with Gasteiger partial charge in [0.1, 0.15) is 18.1 Å². The second kappa shape index (κ2) is 13.4. The molecule has 34 heavy (non-hydrogen) atoms. The number of ether oxygens (including phenoxy) is 2. The van der Waals surface area contributed by atoms with Crippen LogP contribution in [0.1, 0.15) is 37.3 Å². The van der Waals surface area contributed by atoms with Crippen LogP contribution in [0.25, 0.3) is 0 Å². The molecule has 0 aliphatic rings. The van der Waals surface area contributed by atoms with Crippen LogP contribution in [-0.2, 0) is 16.2 Å². The number of benzene rings is 3. The Morgan fingerprint density at radius 3 is 2.21 bits per heavy atom. The molecule has 2 N–H and O–H groups in total. The van der Waals surface area contributed by atoms with E-state index in [1.807, 2.05) is 54.6 Å². The molecule has 3 rings (SSSR count). The Labute approximate surface area is 199 Å². The topological polar surface area (TPSA) is 89.0 Å². The molecule has 3 aromatic rings. The van der Waals surface area contributed by atoms with E-state index in [-0.39, 0.29) is 0 Å². The van der Waals surface area contributed by atoms with Crippen LogP contribution >= 0.6 is 0 Å². The van der Waals surface area contributed by atoms with Crippen molar-refractivity contribution in [3.8, 4) is 11.5 Å². The van der Waals surface area contributed by atoms with Gasteiger partial charge in [-0.2, -0.15) is 5.10 Å². The highest BCUT2D eigenvalue weighted by Crippen LogP contribution is 2.16. The van der Waals surface area contributed by atoms with Gasteiger partial charge < -0.3 is 14.8 Å². The summed E-state index contributed by atoms with van der Waals surface area (Å²) in [6.07, 6.45) is 4.72. The summed E-state index contributed by atoms with van der Waals surface area (Å²) in [5.41, 5.74) is 4.56. The first-order valence-electron chi connectivity index (χ1n) is 11.3. The van der Waals surface area contributed by atoms with Gasteiger partial charge in [-0.25, -0.2) is 5.43 Å². The van der Waals surface area contributed by atoms with Gasteiger partial charge in [0.2, 0.25) is 0 Å². The van der Waals surface area contributed by atoms with Crippen molar-refractivity contribution in [3.63, 3.8) is 0 Å². The van der Waals surface area contributed by atoms with E-state index in [1.165, 1.54) is 6.21 Å². The fourth-order valence-electron chi connectivity index (χ4n) is 2.97. The maximum absolute atomic E-state index is 12.1. The highest BCUT2D eigenvalue weighted by molar-refractivity contribution is 6.39. The lowest BCUT2D eigenvalue weighted by atomic mass is 10.2. The molecule has 0 aliphatic carbocycles. The SMILES string of the molecule is CCCCCOc1ccc(NC(=O)C(=O)N/N=C/c2ccc(OCc3ccccc3)cc2)cc1. The van der Waals surface area contributed by atoms with Crippen LogP contribution in [0.4, 0.5) is 5.69 Å². The monoisotopic (exact) mass is 459 g/mol. The second-order valence-corrected chi connectivity index (χ2v) is 7.58. The molecule has 0 heterocycles. The molecular formula is C27H29N3O4. The predicted molar refractivity (Wildman–Crippen MR) is 133 cm³/mol. The molecule has 0 saturated heterocycles. The summed E-state index contributed by atoms with van der Waals surface area (Å²) >= 11 is 0. The Balaban J connectivity index is 1.40. The number of hydrazone groups is 1. The number of amides is 2. The molecule has 2 amide bonds. The Morgan fingerprint density at radius 1 is 0.824 bits per heavy atom. The van der Waals surface area contributed by atoms with Crippen molar-refractivity contribution in [1.82, 2.24) is 5.43 Å². The number of nitrogens with zero attached hydrogens (tertiary/aromatic N) is 1. The third kappa shape index (κ3) is 8.43. The first-order valence-corrected chi connectivity index (χ1v) is 11.3. The fourth-order valence-corrected chi connectivity index (χ4v) is 2.97. The minimum atomic E-state index is -0.862. The summed E-state index contributed by atoms with van der Waals surface area (Å²) in [5.74, 6) is -0.223. The van der Waals surface area contributed by atoms with Crippen molar-refractivity contribution in [2.75, 3.05) is 11.9 Å². The highest BCUT2D eigenvalue weighted by Gasteiger charge is 2.12. The zero-order chi connectivity index (χ0) is 24.0. The van der Waals surface area contributed by atoms with Crippen LogP contribution in [-0.4, -0.2) is 24.6 Å². The first-order chi connectivity index (χ1) is 16.6. The lowest BCUT2D eigenvalue weighted by molar-refractivity contribution is -0.136. The van der Waals surface area contributed by atoms with Gasteiger partial charge in [0.15, 0.2) is 0 Å². The van der Waals surface area contributed by atoms with Gasteiger partial charge in [-0.1, -0.05) is 50.1 Å². The maximum atomic E-state index is 12.1. The number of hydrogen-bond donors (Lipinski definition) is 2. The van der Waals surface area contributed by atoms with Gasteiger partial charge in [0.25, 0.3) is 0 Å². The smallest absolute Gasteiger partial charge is 0.329 e. The van der Waals surface area contributed by atoms with Crippen LogP contribution in [0.15, 0.2) is 84.0 Å². The van der Waals surface area contributed by atoms with Crippen LogP contribution < -0.4 is 20.2 Å². The molecule has 3 aromatic carbocycles. The van der Waals surface area contributed by atoms with Crippen LogP contribution in [0.5, 0.6) is 11.5 Å². The Hall–Kier alpha value is -4.13. The number of rotatable bonds is 11. The minimum Gasteiger partial charge on any atom is -0.494 e. The van der Waals surface area contributed by atoms with E-state index in [2.05, 4.69) is 22.8 Å². The lowest BCUT2D eigenvalue weighted by Gasteiger charge is -2.08. The average molecular weight is 460 g/mol. The van der Waals surface area contributed by atoms with Gasteiger partial charge >= 0.3 is 11.8 Å². The Morgan fingerprint density at radius 2 is 1.50 bits per heavy atom. The molecule has 0 bridgehead atoms. The normalized spacial score (nSPS) is 10.6. The van der Waals surface area contributed by atoms with Crippen LogP contribution in [0.2, 0.25) is 0 Å². The third-order valence-corrected chi connectivity index (χ3v) is 4.84. The number of carbonyl (C=O) groups is 2. The average Bonchev–Trinajstić information content (AvgIpc) is 2.87. The summed E-state index contributed by atoms with van der Waals surface area (Å²) in [7, 11) is 0. The lowest BCUT2D eigenvalue weighted by Crippen LogP contribution is -2.32. The van der Waals surface area contributed by atoms with Crippen molar-refractivity contribution < 1.29 is 19.1 Å². The predicted octanol–water partition coefficient (Wildman–Crippen LogP) is 4.92. The fraction of sp³-hybridized carbons (Fsp3) is 0.222. The summed E-state index contributed by atoms with van der Waals surface area (Å²) in [6, 6.07) is 24.0. The molecule has 0 saturated carbocycles. The second-order valence-electron chi connectivity index (χ2n) is 7.58. The number of carbonyl (C=O) groups excluding carboxylic acids is 2. The number of nitrogens with one attached hydrogen (secondary N) is 2. The van der Waals surface area contributed by atoms with Gasteiger partial charge in [-0.05, 0) is 66.1 Å². The van der Waals surface area contributed by atoms with Gasteiger partial charge in [0.05, 0.1) is 12.8 Å². The number of hydrogen-bond acceptors (Lipinski definition) is 5. The summed E-state index contributed by atoms with van der Waals surface area (Å²) < 4.78 is 11.4. The third-order valence-electron chi connectivity index (χ3n) is 4.84. The van der Waals surface area contributed by atoms with Crippen molar-refractivity contribution in [3.05, 3.63) is 90.0 Å². The van der Waals surface area contributed by atoms with Crippen molar-refractivity contribution >= 4 is 23.7 Å². The zero-order valence-corrected chi connectivity index (χ0v) is 19.2. The van der Waals surface area contributed by atoms with Gasteiger partial charge in [-0.15, -0.1) is 0 Å². The summed E-state index contributed by atoms with van der Waals surface area (Å²) in [6.45, 7) is 3.28. The van der Waals surface area contributed by atoms with E-state index in [0.717, 1.165) is 41.9 Å². The summed E-state index contributed by atoms with van der Waals surface area (Å²) in [4.78, 5) is 24.1. The molecule has 0 unspecified atom stereocenters. The quantitative estimate of drug-likeness (QED) is 0.184. The Kier molecular flexibility index (Phi) is 9.68. The molecule has 7 nitrogen and oxygen atoms in total. The molecule has 0 spiro atoms. The van der Waals surface area contributed by atoms with Crippen molar-refractivity contribution in [1.29, 1.82) is 0 Å². The first kappa shape index (κ1) is 24.5. The molecule has 0 aliphatic heterocycles. The molecule has 0 fully saturated rings. The molecule has 0 aromatic heterocycles. The van der Waals surface area contributed by atoms with Crippen molar-refractivity contribution in [2.24, 2.45) is 5.10 Å². The number of unbranched alkanes of at least 4 members (excludes halogenated alkanes) is 2. The largest absolute Gasteiger partial charge is 0.494 e. The maximum Gasteiger partial charge on any atom is 0.329 e.